The first-order valence-electron chi connectivity index (χ1n) is 6.61. The number of ether oxygens (including phenoxy) is 1. The molecule has 2 N–H and O–H groups in total. The van der Waals surface area contributed by atoms with E-state index in [0.29, 0.717) is 23.9 Å². The van der Waals surface area contributed by atoms with Crippen LogP contribution in [0.15, 0.2) is 12.1 Å². The lowest BCUT2D eigenvalue weighted by Crippen LogP contribution is -2.43. The third kappa shape index (κ3) is 3.78. The van der Waals surface area contributed by atoms with Gasteiger partial charge in [0.2, 0.25) is 0 Å². The maximum atomic E-state index is 12.0. The molecule has 0 bridgehead atoms. The second-order valence-electron chi connectivity index (χ2n) is 4.80. The maximum absolute atomic E-state index is 12.0. The Morgan fingerprint density at radius 2 is 2.19 bits per heavy atom. The summed E-state index contributed by atoms with van der Waals surface area (Å²) in [7, 11) is 1.57. The number of hydrogen-bond donors (Lipinski definition) is 2. The maximum Gasteiger partial charge on any atom is 0.317 e. The summed E-state index contributed by atoms with van der Waals surface area (Å²) in [5.41, 5.74) is 2.10. The van der Waals surface area contributed by atoms with E-state index in [1.807, 2.05) is 12.1 Å². The third-order valence-electron chi connectivity index (χ3n) is 3.39. The van der Waals surface area contributed by atoms with Crippen LogP contribution in [-0.2, 0) is 17.8 Å². The van der Waals surface area contributed by atoms with E-state index in [-0.39, 0.29) is 19.0 Å². The van der Waals surface area contributed by atoms with E-state index < -0.39 is 5.97 Å². The topological polar surface area (TPSA) is 78.9 Å². The Balaban J connectivity index is 2.00. The number of carboxylic acids is 1. The second kappa shape index (κ2) is 6.67. The number of amides is 2. The fourth-order valence-electron chi connectivity index (χ4n) is 2.27. The van der Waals surface area contributed by atoms with Crippen LogP contribution in [0.1, 0.15) is 17.5 Å². The van der Waals surface area contributed by atoms with Gasteiger partial charge in [-0.25, -0.2) is 4.79 Å². The number of halogens is 1. The number of rotatable bonds is 4. The highest BCUT2D eigenvalue weighted by Gasteiger charge is 2.22. The van der Waals surface area contributed by atoms with Gasteiger partial charge in [-0.3, -0.25) is 4.79 Å². The van der Waals surface area contributed by atoms with Crippen LogP contribution in [0.3, 0.4) is 0 Å². The number of hydrogen-bond acceptors (Lipinski definition) is 3. The Morgan fingerprint density at radius 1 is 1.43 bits per heavy atom. The highest BCUT2D eigenvalue weighted by molar-refractivity contribution is 6.32. The predicted molar refractivity (Wildman–Crippen MR) is 77.8 cm³/mol. The Bertz CT molecular complexity index is 562. The summed E-state index contributed by atoms with van der Waals surface area (Å²) >= 11 is 6.10. The first-order valence-corrected chi connectivity index (χ1v) is 6.99. The van der Waals surface area contributed by atoms with E-state index in [0.717, 1.165) is 17.5 Å². The number of fused-ring (bicyclic) bond motifs is 1. The molecule has 1 heterocycles. The molecule has 1 aromatic carbocycles. The summed E-state index contributed by atoms with van der Waals surface area (Å²) in [6.45, 7) is 1.16. The van der Waals surface area contributed by atoms with Gasteiger partial charge in [-0.1, -0.05) is 11.6 Å². The summed E-state index contributed by atoms with van der Waals surface area (Å²) in [4.78, 5) is 24.0. The average Bonchev–Trinajstić information content (AvgIpc) is 2.45. The zero-order valence-electron chi connectivity index (χ0n) is 11.7. The summed E-state index contributed by atoms with van der Waals surface area (Å²) in [5, 5.41) is 11.7. The standard InChI is InChI=1S/C14H17ClN2O4/c1-21-12-7-9-3-5-17(8-10(9)6-11(12)15)14(20)16-4-2-13(18)19/h6-7H,2-5,8H2,1H3,(H,16,20)(H,18,19). The molecular formula is C14H17ClN2O4. The van der Waals surface area contributed by atoms with E-state index >= 15 is 0 Å². The predicted octanol–water partition coefficient (Wildman–Crippen LogP) is 1.89. The van der Waals surface area contributed by atoms with Crippen LogP contribution in [0.5, 0.6) is 5.75 Å². The molecular weight excluding hydrogens is 296 g/mol. The van der Waals surface area contributed by atoms with Gasteiger partial charge < -0.3 is 20.1 Å². The van der Waals surface area contributed by atoms with Crippen molar-refractivity contribution >= 4 is 23.6 Å². The van der Waals surface area contributed by atoms with Gasteiger partial charge in [-0.15, -0.1) is 0 Å². The van der Waals surface area contributed by atoms with Gasteiger partial charge in [0.15, 0.2) is 0 Å². The van der Waals surface area contributed by atoms with Crippen LogP contribution in [0, 0.1) is 0 Å². The minimum absolute atomic E-state index is 0.0841. The molecule has 2 rings (SSSR count). The summed E-state index contributed by atoms with van der Waals surface area (Å²) in [6.07, 6.45) is 0.633. The first-order chi connectivity index (χ1) is 10.0. The number of methoxy groups -OCH3 is 1. The van der Waals surface area contributed by atoms with Crippen LogP contribution < -0.4 is 10.1 Å². The summed E-state index contributed by atoms with van der Waals surface area (Å²) < 4.78 is 5.18. The lowest BCUT2D eigenvalue weighted by atomic mass is 9.99. The van der Waals surface area contributed by atoms with Crippen molar-refractivity contribution in [2.75, 3.05) is 20.2 Å². The monoisotopic (exact) mass is 312 g/mol. The number of aliphatic carboxylic acids is 1. The second-order valence-corrected chi connectivity index (χ2v) is 5.21. The van der Waals surface area contributed by atoms with E-state index in [1.54, 1.807) is 12.0 Å². The van der Waals surface area contributed by atoms with Gasteiger partial charge in [-0.05, 0) is 29.7 Å². The number of carbonyl (C=O) groups excluding carboxylic acids is 1. The number of nitrogens with one attached hydrogen (secondary N) is 1. The Kier molecular flexibility index (Phi) is 4.90. The highest BCUT2D eigenvalue weighted by Crippen LogP contribution is 2.31. The van der Waals surface area contributed by atoms with Crippen molar-refractivity contribution in [3.05, 3.63) is 28.3 Å². The molecule has 0 saturated carbocycles. The summed E-state index contributed by atoms with van der Waals surface area (Å²) in [5.74, 6) is -0.298. The molecule has 0 spiro atoms. The lowest BCUT2D eigenvalue weighted by Gasteiger charge is -2.29. The molecule has 1 aliphatic heterocycles. The van der Waals surface area contributed by atoms with Gasteiger partial charge >= 0.3 is 12.0 Å². The van der Waals surface area contributed by atoms with Gasteiger partial charge in [0.25, 0.3) is 0 Å². The van der Waals surface area contributed by atoms with Crippen LogP contribution in [-0.4, -0.2) is 42.2 Å². The molecule has 6 nitrogen and oxygen atoms in total. The first kappa shape index (κ1) is 15.4. The molecule has 1 aromatic rings. The van der Waals surface area contributed by atoms with Gasteiger partial charge in [0.05, 0.1) is 18.6 Å². The van der Waals surface area contributed by atoms with Crippen molar-refractivity contribution in [2.24, 2.45) is 0 Å². The SMILES string of the molecule is COc1cc2c(cc1Cl)CN(C(=O)NCCC(=O)O)CC2. The number of nitrogens with zero attached hydrogens (tertiary/aromatic N) is 1. The molecule has 7 heteroatoms. The summed E-state index contributed by atoms with van der Waals surface area (Å²) in [6, 6.07) is 3.46. The zero-order valence-corrected chi connectivity index (χ0v) is 12.4. The molecule has 0 fully saturated rings. The normalized spacial score (nSPS) is 13.5. The zero-order chi connectivity index (χ0) is 15.4. The molecule has 0 atom stereocenters. The van der Waals surface area contributed by atoms with Gasteiger partial charge in [0.1, 0.15) is 5.75 Å². The van der Waals surface area contributed by atoms with Crippen molar-refractivity contribution in [3.8, 4) is 5.75 Å². The van der Waals surface area contributed by atoms with Crippen LogP contribution in [0.25, 0.3) is 0 Å². The Labute approximate surface area is 127 Å². The van der Waals surface area contributed by atoms with Crippen molar-refractivity contribution in [1.82, 2.24) is 10.2 Å². The van der Waals surface area contributed by atoms with E-state index in [1.165, 1.54) is 0 Å². The number of carboxylic acid groups (broad SMARTS) is 1. The average molecular weight is 313 g/mol. The van der Waals surface area contributed by atoms with E-state index in [9.17, 15) is 9.59 Å². The van der Waals surface area contributed by atoms with Crippen LogP contribution in [0.4, 0.5) is 4.79 Å². The van der Waals surface area contributed by atoms with Crippen molar-refractivity contribution in [2.45, 2.75) is 19.4 Å². The number of carbonyl (C=O) groups is 2. The molecule has 2 amide bonds. The quantitative estimate of drug-likeness (QED) is 0.890. The molecule has 0 radical (unpaired) electrons. The molecule has 114 valence electrons. The molecule has 1 aliphatic rings. The Hall–Kier alpha value is -1.95. The Morgan fingerprint density at radius 3 is 2.86 bits per heavy atom. The van der Waals surface area contributed by atoms with Gasteiger partial charge in [-0.2, -0.15) is 0 Å². The fourth-order valence-corrected chi connectivity index (χ4v) is 2.54. The van der Waals surface area contributed by atoms with Crippen LogP contribution in [0.2, 0.25) is 5.02 Å². The molecule has 0 aromatic heterocycles. The lowest BCUT2D eigenvalue weighted by molar-refractivity contribution is -0.136. The van der Waals surface area contributed by atoms with Crippen molar-refractivity contribution in [1.29, 1.82) is 0 Å². The van der Waals surface area contributed by atoms with Crippen molar-refractivity contribution < 1.29 is 19.4 Å². The van der Waals surface area contributed by atoms with Crippen LogP contribution >= 0.6 is 11.6 Å². The molecule has 0 aliphatic carbocycles. The molecule has 21 heavy (non-hydrogen) atoms. The third-order valence-corrected chi connectivity index (χ3v) is 3.68. The number of urea groups is 1. The largest absolute Gasteiger partial charge is 0.495 e. The molecule has 0 saturated heterocycles. The van der Waals surface area contributed by atoms with Gasteiger partial charge in [0, 0.05) is 19.6 Å². The van der Waals surface area contributed by atoms with E-state index in [2.05, 4.69) is 5.32 Å². The molecule has 0 unspecified atom stereocenters. The highest BCUT2D eigenvalue weighted by atomic mass is 35.5. The smallest absolute Gasteiger partial charge is 0.317 e. The number of benzene rings is 1. The van der Waals surface area contributed by atoms with E-state index in [4.69, 9.17) is 21.4 Å². The minimum Gasteiger partial charge on any atom is -0.495 e. The fraction of sp³-hybridized carbons (Fsp3) is 0.429. The minimum atomic E-state index is -0.932. The van der Waals surface area contributed by atoms with Crippen molar-refractivity contribution in [3.63, 3.8) is 0 Å².